The van der Waals surface area contributed by atoms with E-state index >= 15 is 0 Å². The first-order valence-corrected chi connectivity index (χ1v) is 9.05. The molecule has 6 N–H and O–H groups in total. The lowest BCUT2D eigenvalue weighted by atomic mass is 9.99. The number of aliphatic hydroxyl groups excluding tert-OH is 3. The maximum absolute atomic E-state index is 12.1. The van der Waals surface area contributed by atoms with Gasteiger partial charge in [0.15, 0.2) is 23.5 Å². The van der Waals surface area contributed by atoms with Gasteiger partial charge in [-0.15, -0.1) is 0 Å². The SMILES string of the molecule is O=C(OC[C@H]1O[C@H](OCc2ccccc2)[C@H](O)[C@@H](O)[C@@H]1O)c1cc(O)c(O)c(O)c1. The van der Waals surface area contributed by atoms with Gasteiger partial charge in [-0.2, -0.15) is 0 Å². The molecule has 1 aliphatic heterocycles. The molecule has 0 amide bonds. The molecule has 3 rings (SSSR count). The number of ether oxygens (including phenoxy) is 3. The molecule has 1 fully saturated rings. The van der Waals surface area contributed by atoms with Crippen LogP contribution in [-0.2, 0) is 20.8 Å². The van der Waals surface area contributed by atoms with Gasteiger partial charge in [-0.25, -0.2) is 4.79 Å². The number of aliphatic hydroxyl groups is 3. The Balaban J connectivity index is 1.62. The molecule has 162 valence electrons. The lowest BCUT2D eigenvalue weighted by molar-refractivity contribution is -0.303. The summed E-state index contributed by atoms with van der Waals surface area (Å²) in [5.74, 6) is -3.21. The van der Waals surface area contributed by atoms with Crippen molar-refractivity contribution in [1.82, 2.24) is 0 Å². The number of hydrogen-bond donors (Lipinski definition) is 6. The Labute approximate surface area is 171 Å². The molecule has 2 aromatic carbocycles. The van der Waals surface area contributed by atoms with Gasteiger partial charge >= 0.3 is 5.97 Å². The summed E-state index contributed by atoms with van der Waals surface area (Å²) >= 11 is 0. The Bertz CT molecular complexity index is 848. The smallest absolute Gasteiger partial charge is 0.338 e. The lowest BCUT2D eigenvalue weighted by Gasteiger charge is -2.39. The van der Waals surface area contributed by atoms with Crippen LogP contribution in [0.15, 0.2) is 42.5 Å². The quantitative estimate of drug-likeness (QED) is 0.275. The molecule has 2 aromatic rings. The van der Waals surface area contributed by atoms with Crippen LogP contribution in [0.3, 0.4) is 0 Å². The molecule has 30 heavy (non-hydrogen) atoms. The minimum Gasteiger partial charge on any atom is -0.504 e. The number of esters is 1. The van der Waals surface area contributed by atoms with E-state index in [2.05, 4.69) is 0 Å². The zero-order valence-corrected chi connectivity index (χ0v) is 15.7. The monoisotopic (exact) mass is 422 g/mol. The van der Waals surface area contributed by atoms with Crippen LogP contribution in [0.2, 0.25) is 0 Å². The minimum absolute atomic E-state index is 0.0734. The summed E-state index contributed by atoms with van der Waals surface area (Å²) in [6, 6.07) is 10.8. The van der Waals surface area contributed by atoms with Crippen molar-refractivity contribution in [3.63, 3.8) is 0 Å². The van der Waals surface area contributed by atoms with Crippen LogP contribution in [-0.4, -0.2) is 73.9 Å². The molecule has 10 nitrogen and oxygen atoms in total. The molecule has 1 aliphatic rings. The Kier molecular flexibility index (Phi) is 6.75. The van der Waals surface area contributed by atoms with E-state index in [1.54, 1.807) is 24.3 Å². The maximum atomic E-state index is 12.1. The molecule has 0 spiro atoms. The number of carbonyl (C=O) groups is 1. The van der Waals surface area contributed by atoms with Crippen LogP contribution in [0.5, 0.6) is 17.2 Å². The molecule has 5 atom stereocenters. The molecule has 0 saturated carbocycles. The summed E-state index contributed by atoms with van der Waals surface area (Å²) in [4.78, 5) is 12.1. The second kappa shape index (κ2) is 9.28. The van der Waals surface area contributed by atoms with Crippen molar-refractivity contribution in [2.24, 2.45) is 0 Å². The normalized spacial score (nSPS) is 26.3. The van der Waals surface area contributed by atoms with Crippen molar-refractivity contribution >= 4 is 5.97 Å². The van der Waals surface area contributed by atoms with Gasteiger partial charge in [0.1, 0.15) is 31.0 Å². The van der Waals surface area contributed by atoms with Crippen LogP contribution in [0, 0.1) is 0 Å². The van der Waals surface area contributed by atoms with Crippen LogP contribution >= 0.6 is 0 Å². The first-order chi connectivity index (χ1) is 14.3. The largest absolute Gasteiger partial charge is 0.504 e. The fraction of sp³-hybridized carbons (Fsp3) is 0.350. The van der Waals surface area contributed by atoms with Crippen LogP contribution in [0.1, 0.15) is 15.9 Å². The number of benzene rings is 2. The van der Waals surface area contributed by atoms with Crippen molar-refractivity contribution < 1.29 is 49.6 Å². The summed E-state index contributed by atoms with van der Waals surface area (Å²) in [7, 11) is 0. The van der Waals surface area contributed by atoms with Gasteiger partial charge in [0.25, 0.3) is 0 Å². The highest BCUT2D eigenvalue weighted by molar-refractivity contribution is 5.91. The van der Waals surface area contributed by atoms with Crippen molar-refractivity contribution in [1.29, 1.82) is 0 Å². The number of hydrogen-bond acceptors (Lipinski definition) is 10. The van der Waals surface area contributed by atoms with Gasteiger partial charge in [-0.3, -0.25) is 0 Å². The molecule has 0 aliphatic carbocycles. The third-order valence-electron chi connectivity index (χ3n) is 4.61. The van der Waals surface area contributed by atoms with Crippen LogP contribution in [0.4, 0.5) is 0 Å². The third-order valence-corrected chi connectivity index (χ3v) is 4.61. The zero-order chi connectivity index (χ0) is 21.8. The third kappa shape index (κ3) is 4.81. The summed E-state index contributed by atoms with van der Waals surface area (Å²) < 4.78 is 16.0. The molecule has 1 saturated heterocycles. The number of phenols is 3. The topological polar surface area (TPSA) is 166 Å². The van der Waals surface area contributed by atoms with E-state index in [4.69, 9.17) is 14.2 Å². The molecule has 0 unspecified atom stereocenters. The van der Waals surface area contributed by atoms with Gasteiger partial charge in [0.05, 0.1) is 12.2 Å². The van der Waals surface area contributed by atoms with Crippen molar-refractivity contribution in [3.05, 3.63) is 53.6 Å². The van der Waals surface area contributed by atoms with E-state index < -0.39 is 60.5 Å². The first-order valence-electron chi connectivity index (χ1n) is 9.05. The van der Waals surface area contributed by atoms with Crippen molar-refractivity contribution in [3.8, 4) is 17.2 Å². The predicted molar refractivity (Wildman–Crippen MR) is 99.6 cm³/mol. The summed E-state index contributed by atoms with van der Waals surface area (Å²) in [5.41, 5.74) is 0.536. The van der Waals surface area contributed by atoms with E-state index in [1.165, 1.54) is 0 Å². The predicted octanol–water partition coefficient (Wildman–Crippen LogP) is -0.0154. The summed E-state index contributed by atoms with van der Waals surface area (Å²) in [6.07, 6.45) is -7.20. The number of aromatic hydroxyl groups is 3. The Hall–Kier alpha value is -2.89. The highest BCUT2D eigenvalue weighted by Gasteiger charge is 2.44. The first kappa shape index (κ1) is 21.8. The Morgan fingerprint density at radius 3 is 2.20 bits per heavy atom. The fourth-order valence-corrected chi connectivity index (χ4v) is 2.91. The maximum Gasteiger partial charge on any atom is 0.338 e. The highest BCUT2D eigenvalue weighted by Crippen LogP contribution is 2.35. The van der Waals surface area contributed by atoms with Crippen molar-refractivity contribution in [2.45, 2.75) is 37.3 Å². The molecule has 0 bridgehead atoms. The Morgan fingerprint density at radius 2 is 1.57 bits per heavy atom. The molecule has 10 heteroatoms. The van der Waals surface area contributed by atoms with Gasteiger partial charge in [0.2, 0.25) is 0 Å². The van der Waals surface area contributed by atoms with Crippen LogP contribution < -0.4 is 0 Å². The van der Waals surface area contributed by atoms with Gasteiger partial charge in [0, 0.05) is 0 Å². The average molecular weight is 422 g/mol. The lowest BCUT2D eigenvalue weighted by Crippen LogP contribution is -2.59. The summed E-state index contributed by atoms with van der Waals surface area (Å²) in [6.45, 7) is -0.443. The fourth-order valence-electron chi connectivity index (χ4n) is 2.91. The summed E-state index contributed by atoms with van der Waals surface area (Å²) in [5, 5.41) is 58.6. The van der Waals surface area contributed by atoms with E-state index in [9.17, 15) is 35.4 Å². The standard InChI is InChI=1S/C20H22O10/c21-12-6-11(7-13(22)15(12)23)19(27)28-9-14-16(24)17(25)18(26)20(30-14)29-8-10-4-2-1-3-5-10/h1-7,14,16-18,20-26H,8-9H2/t14-,16-,17+,18-,20+/m1/s1. The average Bonchev–Trinajstić information content (AvgIpc) is 2.74. The molecule has 1 heterocycles. The van der Waals surface area contributed by atoms with Gasteiger partial charge < -0.3 is 44.8 Å². The highest BCUT2D eigenvalue weighted by atomic mass is 16.7. The Morgan fingerprint density at radius 1 is 0.933 bits per heavy atom. The van der Waals surface area contributed by atoms with E-state index in [1.807, 2.05) is 6.07 Å². The van der Waals surface area contributed by atoms with E-state index in [0.717, 1.165) is 17.7 Å². The minimum atomic E-state index is -1.61. The second-order valence-corrected chi connectivity index (χ2v) is 6.77. The zero-order valence-electron chi connectivity index (χ0n) is 15.7. The number of carbonyl (C=O) groups excluding carboxylic acids is 1. The van der Waals surface area contributed by atoms with E-state index in [0.29, 0.717) is 0 Å². The molecule has 0 aromatic heterocycles. The second-order valence-electron chi connectivity index (χ2n) is 6.77. The van der Waals surface area contributed by atoms with Crippen molar-refractivity contribution in [2.75, 3.05) is 6.61 Å². The molecular formula is C20H22O10. The van der Waals surface area contributed by atoms with Gasteiger partial charge in [-0.1, -0.05) is 30.3 Å². The van der Waals surface area contributed by atoms with E-state index in [-0.39, 0.29) is 12.2 Å². The molecular weight excluding hydrogens is 400 g/mol. The van der Waals surface area contributed by atoms with Gasteiger partial charge in [-0.05, 0) is 17.7 Å². The number of rotatable bonds is 6. The molecule has 0 radical (unpaired) electrons. The van der Waals surface area contributed by atoms with Crippen LogP contribution in [0.25, 0.3) is 0 Å². The number of phenolic OH excluding ortho intramolecular Hbond substituents is 3.